The van der Waals surface area contributed by atoms with Gasteiger partial charge in [-0.2, -0.15) is 0 Å². The molecular formula is C12H22O2. The molecule has 0 aliphatic rings. The van der Waals surface area contributed by atoms with Crippen LogP contribution in [0.15, 0.2) is 0 Å². The van der Waals surface area contributed by atoms with Gasteiger partial charge in [-0.3, -0.25) is 9.59 Å². The van der Waals surface area contributed by atoms with E-state index >= 15 is 0 Å². The van der Waals surface area contributed by atoms with Crippen molar-refractivity contribution in [3.8, 4) is 0 Å². The molecule has 0 aromatic heterocycles. The molecule has 0 radical (unpaired) electrons. The molecule has 0 rings (SSSR count). The lowest BCUT2D eigenvalue weighted by atomic mass is 9.72. The van der Waals surface area contributed by atoms with E-state index in [1.165, 1.54) is 0 Å². The number of carbonyl (C=O) groups excluding carboxylic acids is 2. The number of Topliss-reactive ketones (excluding diaryl/α,β-unsaturated/α-hetero) is 2. The molecule has 0 saturated heterocycles. The smallest absolute Gasteiger partial charge is 0.148 e. The van der Waals surface area contributed by atoms with E-state index in [0.29, 0.717) is 6.42 Å². The molecule has 0 heterocycles. The summed E-state index contributed by atoms with van der Waals surface area (Å²) in [4.78, 5) is 23.8. The van der Waals surface area contributed by atoms with Gasteiger partial charge in [0.1, 0.15) is 11.6 Å². The molecule has 0 aromatic rings. The predicted octanol–water partition coefficient (Wildman–Crippen LogP) is 2.85. The topological polar surface area (TPSA) is 34.1 Å². The van der Waals surface area contributed by atoms with Crippen molar-refractivity contribution in [2.75, 3.05) is 0 Å². The molecule has 0 N–H and O–H groups in total. The van der Waals surface area contributed by atoms with Gasteiger partial charge < -0.3 is 0 Å². The van der Waals surface area contributed by atoms with Crippen LogP contribution in [0.2, 0.25) is 0 Å². The molecule has 0 saturated carbocycles. The minimum atomic E-state index is -0.775. The van der Waals surface area contributed by atoms with Gasteiger partial charge in [-0.25, -0.2) is 0 Å². The summed E-state index contributed by atoms with van der Waals surface area (Å²) in [7, 11) is 0. The van der Waals surface area contributed by atoms with Crippen molar-refractivity contribution in [3.63, 3.8) is 0 Å². The maximum atomic E-state index is 11.9. The van der Waals surface area contributed by atoms with Crippen LogP contribution in [-0.4, -0.2) is 11.6 Å². The van der Waals surface area contributed by atoms with E-state index in [4.69, 9.17) is 0 Å². The van der Waals surface area contributed by atoms with Crippen LogP contribution in [0, 0.1) is 17.3 Å². The summed E-state index contributed by atoms with van der Waals surface area (Å²) < 4.78 is 0. The lowest BCUT2D eigenvalue weighted by molar-refractivity contribution is -0.143. The van der Waals surface area contributed by atoms with Crippen LogP contribution in [0.4, 0.5) is 0 Å². The molecule has 0 spiro atoms. The monoisotopic (exact) mass is 198 g/mol. The van der Waals surface area contributed by atoms with Crippen LogP contribution >= 0.6 is 0 Å². The number of hydrogen-bond donors (Lipinski definition) is 0. The van der Waals surface area contributed by atoms with Gasteiger partial charge in [0.25, 0.3) is 0 Å². The highest BCUT2D eigenvalue weighted by atomic mass is 16.2. The molecule has 0 aliphatic heterocycles. The lowest BCUT2D eigenvalue weighted by Crippen LogP contribution is -2.40. The number of carbonyl (C=O) groups is 2. The zero-order valence-electron chi connectivity index (χ0n) is 10.2. The van der Waals surface area contributed by atoms with Crippen molar-refractivity contribution >= 4 is 11.6 Å². The lowest BCUT2D eigenvalue weighted by Gasteiger charge is -2.28. The minimum Gasteiger partial charge on any atom is -0.298 e. The minimum absolute atomic E-state index is 0.0670. The Morgan fingerprint density at radius 2 is 1.29 bits per heavy atom. The Labute approximate surface area is 87.1 Å². The Hall–Kier alpha value is -0.660. The molecule has 2 nitrogen and oxygen atoms in total. The summed E-state index contributed by atoms with van der Waals surface area (Å²) in [6.45, 7) is 11.1. The molecular weight excluding hydrogens is 176 g/mol. The second-order valence-corrected chi connectivity index (χ2v) is 4.72. The van der Waals surface area contributed by atoms with E-state index in [9.17, 15) is 9.59 Å². The molecule has 0 atom stereocenters. The molecule has 14 heavy (non-hydrogen) atoms. The average molecular weight is 198 g/mol. The van der Waals surface area contributed by atoms with Crippen molar-refractivity contribution in [2.24, 2.45) is 17.3 Å². The second-order valence-electron chi connectivity index (χ2n) is 4.72. The standard InChI is InChI=1S/C12H22O2/c1-7-12(6,10(13)8(2)3)11(14)9(4)5/h8-9H,7H2,1-6H3. The summed E-state index contributed by atoms with van der Waals surface area (Å²) >= 11 is 0. The van der Waals surface area contributed by atoms with Crippen molar-refractivity contribution in [1.82, 2.24) is 0 Å². The second kappa shape index (κ2) is 4.72. The van der Waals surface area contributed by atoms with E-state index < -0.39 is 5.41 Å². The average Bonchev–Trinajstić information content (AvgIpc) is 2.13. The Kier molecular flexibility index (Phi) is 4.50. The number of rotatable bonds is 5. The third-order valence-corrected chi connectivity index (χ3v) is 2.84. The molecule has 0 aromatic carbocycles. The number of ketones is 2. The fraction of sp³-hybridized carbons (Fsp3) is 0.833. The third-order valence-electron chi connectivity index (χ3n) is 2.84. The van der Waals surface area contributed by atoms with Gasteiger partial charge in [-0.1, -0.05) is 34.6 Å². The fourth-order valence-electron chi connectivity index (χ4n) is 1.74. The zero-order valence-corrected chi connectivity index (χ0v) is 10.2. The summed E-state index contributed by atoms with van der Waals surface area (Å²) in [6, 6.07) is 0. The van der Waals surface area contributed by atoms with Crippen LogP contribution in [0.5, 0.6) is 0 Å². The number of hydrogen-bond acceptors (Lipinski definition) is 2. The largest absolute Gasteiger partial charge is 0.298 e. The third kappa shape index (κ3) is 2.43. The van der Waals surface area contributed by atoms with Crippen LogP contribution in [0.3, 0.4) is 0 Å². The van der Waals surface area contributed by atoms with Crippen molar-refractivity contribution in [3.05, 3.63) is 0 Å². The molecule has 2 heteroatoms. The summed E-state index contributed by atoms with van der Waals surface area (Å²) in [5.41, 5.74) is -0.775. The first-order chi connectivity index (χ1) is 6.27. The van der Waals surface area contributed by atoms with Crippen LogP contribution in [0.1, 0.15) is 48.0 Å². The maximum absolute atomic E-state index is 11.9. The van der Waals surface area contributed by atoms with E-state index in [-0.39, 0.29) is 23.4 Å². The zero-order chi connectivity index (χ0) is 11.5. The molecule has 0 fully saturated rings. The first-order valence-corrected chi connectivity index (χ1v) is 5.36. The first-order valence-electron chi connectivity index (χ1n) is 5.36. The Morgan fingerprint density at radius 1 is 1.00 bits per heavy atom. The Morgan fingerprint density at radius 3 is 1.43 bits per heavy atom. The predicted molar refractivity (Wildman–Crippen MR) is 58.1 cm³/mol. The van der Waals surface area contributed by atoms with E-state index in [1.54, 1.807) is 6.92 Å². The Balaban J connectivity index is 4.98. The Bertz CT molecular complexity index is 206. The van der Waals surface area contributed by atoms with Gasteiger partial charge in [0.2, 0.25) is 0 Å². The molecule has 0 amide bonds. The van der Waals surface area contributed by atoms with Gasteiger partial charge >= 0.3 is 0 Å². The van der Waals surface area contributed by atoms with Crippen molar-refractivity contribution in [2.45, 2.75) is 48.0 Å². The van der Waals surface area contributed by atoms with E-state index in [2.05, 4.69) is 0 Å². The highest BCUT2D eigenvalue weighted by Gasteiger charge is 2.40. The molecule has 0 aliphatic carbocycles. The quantitative estimate of drug-likeness (QED) is 0.636. The van der Waals surface area contributed by atoms with Crippen LogP contribution in [-0.2, 0) is 9.59 Å². The fourth-order valence-corrected chi connectivity index (χ4v) is 1.74. The SMILES string of the molecule is CCC(C)(C(=O)C(C)C)C(=O)C(C)C. The summed E-state index contributed by atoms with van der Waals surface area (Å²) in [5.74, 6) is 0.00250. The molecule has 0 unspecified atom stereocenters. The van der Waals surface area contributed by atoms with Crippen LogP contribution in [0.25, 0.3) is 0 Å². The van der Waals surface area contributed by atoms with Crippen molar-refractivity contribution < 1.29 is 9.59 Å². The summed E-state index contributed by atoms with van der Waals surface area (Å²) in [5, 5.41) is 0. The normalized spacial score (nSPS) is 12.3. The molecule has 82 valence electrons. The highest BCUT2D eigenvalue weighted by Crippen LogP contribution is 2.30. The highest BCUT2D eigenvalue weighted by molar-refractivity contribution is 6.07. The van der Waals surface area contributed by atoms with E-state index in [0.717, 1.165) is 0 Å². The molecule has 0 bridgehead atoms. The van der Waals surface area contributed by atoms with Gasteiger partial charge in [0.05, 0.1) is 5.41 Å². The first kappa shape index (κ1) is 13.3. The van der Waals surface area contributed by atoms with E-state index in [1.807, 2.05) is 34.6 Å². The van der Waals surface area contributed by atoms with Gasteiger partial charge in [0, 0.05) is 11.8 Å². The van der Waals surface area contributed by atoms with Gasteiger partial charge in [0.15, 0.2) is 0 Å². The maximum Gasteiger partial charge on any atom is 0.148 e. The summed E-state index contributed by atoms with van der Waals surface area (Å²) in [6.07, 6.45) is 0.598. The van der Waals surface area contributed by atoms with Gasteiger partial charge in [-0.05, 0) is 13.3 Å². The van der Waals surface area contributed by atoms with Gasteiger partial charge in [-0.15, -0.1) is 0 Å². The van der Waals surface area contributed by atoms with Crippen LogP contribution < -0.4 is 0 Å². The van der Waals surface area contributed by atoms with Crippen molar-refractivity contribution in [1.29, 1.82) is 0 Å².